The normalized spacial score (nSPS) is 13.5. The van der Waals surface area contributed by atoms with Crippen molar-refractivity contribution in [1.82, 2.24) is 0 Å². The van der Waals surface area contributed by atoms with E-state index in [1.54, 1.807) is 26.0 Å². The van der Waals surface area contributed by atoms with Gasteiger partial charge in [-0.2, -0.15) is 0 Å². The zero-order chi connectivity index (χ0) is 16.4. The van der Waals surface area contributed by atoms with Gasteiger partial charge in [0.1, 0.15) is 5.78 Å². The summed E-state index contributed by atoms with van der Waals surface area (Å²) in [6, 6.07) is 8.56. The monoisotopic (exact) mass is 302 g/mol. The largest absolute Gasteiger partial charge is 0.504 e. The van der Waals surface area contributed by atoms with E-state index in [1.165, 1.54) is 24.3 Å². The van der Waals surface area contributed by atoms with Crippen molar-refractivity contribution in [3.8, 4) is 23.0 Å². The molecule has 5 nitrogen and oxygen atoms in total. The minimum atomic E-state index is -0.488. The lowest BCUT2D eigenvalue weighted by molar-refractivity contribution is -0.121. The van der Waals surface area contributed by atoms with Crippen LogP contribution in [0.2, 0.25) is 0 Å². The summed E-state index contributed by atoms with van der Waals surface area (Å²) in [7, 11) is 0. The molecule has 2 aromatic carbocycles. The molecule has 22 heavy (non-hydrogen) atoms. The molecule has 5 heteroatoms. The van der Waals surface area contributed by atoms with Gasteiger partial charge in [0.25, 0.3) is 0 Å². The van der Waals surface area contributed by atoms with Crippen molar-refractivity contribution in [2.75, 3.05) is 0 Å². The molecule has 0 saturated heterocycles. The predicted octanol–water partition coefficient (Wildman–Crippen LogP) is 2.99. The van der Waals surface area contributed by atoms with Gasteiger partial charge in [-0.3, -0.25) is 4.79 Å². The van der Waals surface area contributed by atoms with Crippen LogP contribution in [0.1, 0.15) is 36.8 Å². The number of aromatic hydroxyl groups is 4. The van der Waals surface area contributed by atoms with Crippen LogP contribution in [-0.2, 0) is 4.79 Å². The number of benzene rings is 2. The average Bonchev–Trinajstić information content (AvgIpc) is 2.50. The Bertz CT molecular complexity index is 649. The fourth-order valence-electron chi connectivity index (χ4n) is 2.32. The lowest BCUT2D eigenvalue weighted by Crippen LogP contribution is -2.16. The number of rotatable bonds is 4. The average molecular weight is 302 g/mol. The van der Waals surface area contributed by atoms with Gasteiger partial charge in [0.15, 0.2) is 23.0 Å². The second-order valence-corrected chi connectivity index (χ2v) is 5.34. The molecule has 0 aliphatic rings. The smallest absolute Gasteiger partial charge is 0.157 e. The molecule has 0 amide bonds. The van der Waals surface area contributed by atoms with Gasteiger partial charge < -0.3 is 20.4 Å². The number of hydrogen-bond acceptors (Lipinski definition) is 5. The Morgan fingerprint density at radius 3 is 1.41 bits per heavy atom. The van der Waals surface area contributed by atoms with Crippen LogP contribution in [0.4, 0.5) is 0 Å². The molecule has 0 aromatic heterocycles. The summed E-state index contributed by atoms with van der Waals surface area (Å²) in [5.74, 6) is -2.09. The summed E-state index contributed by atoms with van der Waals surface area (Å²) < 4.78 is 0. The highest BCUT2D eigenvalue weighted by Gasteiger charge is 2.24. The molecule has 2 atom stereocenters. The van der Waals surface area contributed by atoms with Crippen LogP contribution >= 0.6 is 0 Å². The highest BCUT2D eigenvalue weighted by molar-refractivity contribution is 5.91. The molecule has 4 N–H and O–H groups in total. The Morgan fingerprint density at radius 1 is 0.727 bits per heavy atom. The molecule has 116 valence electrons. The van der Waals surface area contributed by atoms with E-state index in [9.17, 15) is 25.2 Å². The Morgan fingerprint density at radius 2 is 1.09 bits per heavy atom. The van der Waals surface area contributed by atoms with Crippen molar-refractivity contribution >= 4 is 5.78 Å². The van der Waals surface area contributed by atoms with E-state index in [-0.39, 0.29) is 28.8 Å². The fraction of sp³-hybridized carbons (Fsp3) is 0.235. The third-order valence-corrected chi connectivity index (χ3v) is 3.85. The maximum absolute atomic E-state index is 12.5. The van der Waals surface area contributed by atoms with Gasteiger partial charge in [0, 0.05) is 11.8 Å². The van der Waals surface area contributed by atoms with E-state index in [2.05, 4.69) is 0 Å². The van der Waals surface area contributed by atoms with E-state index in [0.29, 0.717) is 11.1 Å². The molecule has 2 aromatic rings. The van der Waals surface area contributed by atoms with E-state index < -0.39 is 11.8 Å². The zero-order valence-electron chi connectivity index (χ0n) is 12.3. The Labute approximate surface area is 128 Å². The van der Waals surface area contributed by atoms with Crippen LogP contribution < -0.4 is 0 Å². The molecule has 0 bridgehead atoms. The third kappa shape index (κ3) is 2.98. The van der Waals surface area contributed by atoms with Gasteiger partial charge in [-0.25, -0.2) is 0 Å². The molecular formula is C17H18O5. The van der Waals surface area contributed by atoms with E-state index in [4.69, 9.17) is 0 Å². The van der Waals surface area contributed by atoms with Gasteiger partial charge in [0.2, 0.25) is 0 Å². The van der Waals surface area contributed by atoms with Crippen LogP contribution in [0.25, 0.3) is 0 Å². The molecule has 0 heterocycles. The Kier molecular flexibility index (Phi) is 4.26. The van der Waals surface area contributed by atoms with E-state index in [0.717, 1.165) is 0 Å². The summed E-state index contributed by atoms with van der Waals surface area (Å²) in [6.07, 6.45) is 0. The highest BCUT2D eigenvalue weighted by atomic mass is 16.3. The van der Waals surface area contributed by atoms with Crippen molar-refractivity contribution < 1.29 is 25.2 Å². The number of phenols is 4. The molecular weight excluding hydrogens is 284 g/mol. The first-order valence-electron chi connectivity index (χ1n) is 6.88. The molecule has 2 unspecified atom stereocenters. The standard InChI is InChI=1S/C17H18O5/c1-9(11-3-5-13(18)15(20)7-11)17(22)10(2)12-4-6-14(19)16(21)8-12/h3-10,18-21H,1-2H3. The maximum atomic E-state index is 12.5. The quantitative estimate of drug-likeness (QED) is 0.651. The van der Waals surface area contributed by atoms with Crippen molar-refractivity contribution in [2.24, 2.45) is 0 Å². The minimum absolute atomic E-state index is 0.102. The zero-order valence-corrected chi connectivity index (χ0v) is 12.3. The molecule has 0 aliphatic heterocycles. The Hall–Kier alpha value is -2.69. The molecule has 0 fully saturated rings. The number of phenolic OH excluding ortho intramolecular Hbond substituents is 4. The second-order valence-electron chi connectivity index (χ2n) is 5.34. The van der Waals surface area contributed by atoms with E-state index >= 15 is 0 Å². The summed E-state index contributed by atoms with van der Waals surface area (Å²) in [5, 5.41) is 37.7. The van der Waals surface area contributed by atoms with Crippen molar-refractivity contribution in [1.29, 1.82) is 0 Å². The number of carbonyl (C=O) groups excluding carboxylic acids is 1. The van der Waals surface area contributed by atoms with Gasteiger partial charge in [0.05, 0.1) is 0 Å². The predicted molar refractivity (Wildman–Crippen MR) is 81.4 cm³/mol. The first-order valence-corrected chi connectivity index (χ1v) is 6.88. The molecule has 0 saturated carbocycles. The second kappa shape index (κ2) is 5.97. The lowest BCUT2D eigenvalue weighted by atomic mass is 9.85. The van der Waals surface area contributed by atoms with Crippen LogP contribution in [-0.4, -0.2) is 26.2 Å². The number of Topliss-reactive ketones (excluding diaryl/α,β-unsaturated/α-hetero) is 1. The molecule has 2 rings (SSSR count). The summed E-state index contributed by atoms with van der Waals surface area (Å²) in [5.41, 5.74) is 1.19. The first kappa shape index (κ1) is 15.7. The molecule has 0 radical (unpaired) electrons. The van der Waals surface area contributed by atoms with Crippen LogP contribution in [0.5, 0.6) is 23.0 Å². The topological polar surface area (TPSA) is 98.0 Å². The number of carbonyl (C=O) groups is 1. The molecule has 0 aliphatic carbocycles. The molecule has 0 spiro atoms. The highest BCUT2D eigenvalue weighted by Crippen LogP contribution is 2.34. The van der Waals surface area contributed by atoms with Crippen LogP contribution in [0.3, 0.4) is 0 Å². The van der Waals surface area contributed by atoms with E-state index in [1.807, 2.05) is 0 Å². The lowest BCUT2D eigenvalue weighted by Gasteiger charge is -2.18. The minimum Gasteiger partial charge on any atom is -0.504 e. The number of hydrogen-bond donors (Lipinski definition) is 4. The third-order valence-electron chi connectivity index (χ3n) is 3.85. The van der Waals surface area contributed by atoms with Crippen molar-refractivity contribution in [3.05, 3.63) is 47.5 Å². The summed E-state index contributed by atoms with van der Waals surface area (Å²) in [4.78, 5) is 12.5. The Balaban J connectivity index is 2.25. The van der Waals surface area contributed by atoms with Crippen molar-refractivity contribution in [3.63, 3.8) is 0 Å². The van der Waals surface area contributed by atoms with Gasteiger partial charge in [-0.15, -0.1) is 0 Å². The van der Waals surface area contributed by atoms with Gasteiger partial charge >= 0.3 is 0 Å². The summed E-state index contributed by atoms with van der Waals surface area (Å²) in [6.45, 7) is 3.43. The van der Waals surface area contributed by atoms with Crippen LogP contribution in [0, 0.1) is 0 Å². The van der Waals surface area contributed by atoms with Crippen molar-refractivity contribution in [2.45, 2.75) is 25.7 Å². The fourth-order valence-corrected chi connectivity index (χ4v) is 2.32. The SMILES string of the molecule is CC(C(=O)C(C)c1ccc(O)c(O)c1)c1ccc(O)c(O)c1. The van der Waals surface area contributed by atoms with Gasteiger partial charge in [-0.05, 0) is 35.4 Å². The maximum Gasteiger partial charge on any atom is 0.157 e. The number of ketones is 1. The summed E-state index contributed by atoms with van der Waals surface area (Å²) >= 11 is 0. The van der Waals surface area contributed by atoms with Crippen LogP contribution in [0.15, 0.2) is 36.4 Å². The first-order chi connectivity index (χ1) is 10.3. The van der Waals surface area contributed by atoms with Gasteiger partial charge in [-0.1, -0.05) is 26.0 Å².